The number of fused-ring (bicyclic) bond motifs is 3. The molecule has 146 valence electrons. The lowest BCUT2D eigenvalue weighted by Gasteiger charge is -2.22. The Kier molecular flexibility index (Phi) is 4.54. The second-order valence-corrected chi connectivity index (χ2v) is 9.95. The fourth-order valence-corrected chi connectivity index (χ4v) is 6.23. The summed E-state index contributed by atoms with van der Waals surface area (Å²) in [4.78, 5) is 12.3. The highest BCUT2D eigenvalue weighted by Crippen LogP contribution is 2.30. The van der Waals surface area contributed by atoms with E-state index in [0.29, 0.717) is 6.42 Å². The van der Waals surface area contributed by atoms with Gasteiger partial charge < -0.3 is 9.88 Å². The number of sulfone groups is 1. The Balaban J connectivity index is 1.60. The highest BCUT2D eigenvalue weighted by molar-refractivity contribution is 7.91. The van der Waals surface area contributed by atoms with E-state index in [0.717, 1.165) is 17.5 Å². The summed E-state index contributed by atoms with van der Waals surface area (Å²) < 4.78 is 25.7. The molecule has 3 aromatic rings. The van der Waals surface area contributed by atoms with Crippen LogP contribution in [0.4, 0.5) is 0 Å². The molecule has 0 bridgehead atoms. The van der Waals surface area contributed by atoms with E-state index in [2.05, 4.69) is 41.1 Å². The van der Waals surface area contributed by atoms with E-state index in [1.54, 1.807) is 13.0 Å². The summed E-state index contributed by atoms with van der Waals surface area (Å²) in [5.41, 5.74) is 2.63. The third-order valence-corrected chi connectivity index (χ3v) is 7.37. The van der Waals surface area contributed by atoms with Crippen LogP contribution in [-0.4, -0.2) is 35.9 Å². The standard InChI is InChI=1S/C22H24N2O3S/c1-3-24-19-7-5-4-6-17(19)18-14-16(8-10-20(18)24)9-11-21(25)23-22(2)12-13-28(26,27)15-22/h4-11,14H,3,12-13,15H2,1-2H3,(H,23,25)/b11-9+/t22-/m0/s1. The average Bonchev–Trinajstić information content (AvgIpc) is 3.12. The van der Waals surface area contributed by atoms with Gasteiger partial charge in [0.05, 0.1) is 17.0 Å². The van der Waals surface area contributed by atoms with E-state index < -0.39 is 15.4 Å². The minimum absolute atomic E-state index is 0.00205. The van der Waals surface area contributed by atoms with Gasteiger partial charge in [0.25, 0.3) is 0 Å². The first-order valence-electron chi connectivity index (χ1n) is 9.52. The maximum atomic E-state index is 12.3. The van der Waals surface area contributed by atoms with Crippen LogP contribution in [0, 0.1) is 0 Å². The number of carbonyl (C=O) groups is 1. The minimum Gasteiger partial charge on any atom is -0.346 e. The maximum Gasteiger partial charge on any atom is 0.244 e. The van der Waals surface area contributed by atoms with Crippen LogP contribution >= 0.6 is 0 Å². The normalized spacial score (nSPS) is 21.6. The van der Waals surface area contributed by atoms with E-state index in [4.69, 9.17) is 0 Å². The second-order valence-electron chi connectivity index (χ2n) is 7.76. The molecule has 0 aliphatic carbocycles. The highest BCUT2D eigenvalue weighted by Gasteiger charge is 2.39. The zero-order valence-corrected chi connectivity index (χ0v) is 16.9. The van der Waals surface area contributed by atoms with Gasteiger partial charge >= 0.3 is 0 Å². The van der Waals surface area contributed by atoms with Crippen molar-refractivity contribution in [2.45, 2.75) is 32.4 Å². The maximum absolute atomic E-state index is 12.3. The number of rotatable bonds is 4. The second kappa shape index (κ2) is 6.78. The van der Waals surface area contributed by atoms with Crippen molar-refractivity contribution in [3.8, 4) is 0 Å². The van der Waals surface area contributed by atoms with Gasteiger partial charge in [0, 0.05) is 34.4 Å². The summed E-state index contributed by atoms with van der Waals surface area (Å²) >= 11 is 0. The molecule has 1 aliphatic heterocycles. The molecule has 5 nitrogen and oxygen atoms in total. The third-order valence-electron chi connectivity index (χ3n) is 5.47. The number of benzene rings is 2. The minimum atomic E-state index is -3.05. The molecule has 0 spiro atoms. The van der Waals surface area contributed by atoms with Crippen LogP contribution in [0.5, 0.6) is 0 Å². The lowest BCUT2D eigenvalue weighted by molar-refractivity contribution is -0.117. The molecular weight excluding hydrogens is 372 g/mol. The molecule has 4 rings (SSSR count). The SMILES string of the molecule is CCn1c2ccccc2c2cc(/C=C/C(=O)N[C@@]3(C)CCS(=O)(=O)C3)ccc21. The van der Waals surface area contributed by atoms with Crippen LogP contribution in [0.3, 0.4) is 0 Å². The van der Waals surface area contributed by atoms with E-state index >= 15 is 0 Å². The summed E-state index contributed by atoms with van der Waals surface area (Å²) in [6.07, 6.45) is 3.72. The van der Waals surface area contributed by atoms with Gasteiger partial charge in [-0.2, -0.15) is 0 Å². The summed E-state index contributed by atoms with van der Waals surface area (Å²) in [5, 5.41) is 5.21. The van der Waals surface area contributed by atoms with Crippen LogP contribution in [0.15, 0.2) is 48.5 Å². The van der Waals surface area contributed by atoms with Crippen molar-refractivity contribution in [3.63, 3.8) is 0 Å². The Morgan fingerprint density at radius 2 is 1.93 bits per heavy atom. The van der Waals surface area contributed by atoms with E-state index in [1.165, 1.54) is 22.5 Å². The van der Waals surface area contributed by atoms with Crippen LogP contribution in [0.2, 0.25) is 0 Å². The van der Waals surface area contributed by atoms with Crippen LogP contribution in [0.1, 0.15) is 25.8 Å². The smallest absolute Gasteiger partial charge is 0.244 e. The topological polar surface area (TPSA) is 68.2 Å². The molecule has 0 saturated carbocycles. The lowest BCUT2D eigenvalue weighted by atomic mass is 10.0. The van der Waals surface area contributed by atoms with Gasteiger partial charge in [0.1, 0.15) is 0 Å². The van der Waals surface area contributed by atoms with E-state index in [-0.39, 0.29) is 17.4 Å². The quantitative estimate of drug-likeness (QED) is 0.686. The van der Waals surface area contributed by atoms with Crippen molar-refractivity contribution in [1.82, 2.24) is 9.88 Å². The zero-order valence-electron chi connectivity index (χ0n) is 16.1. The molecule has 1 aromatic heterocycles. The molecule has 28 heavy (non-hydrogen) atoms. The van der Waals surface area contributed by atoms with Gasteiger partial charge in [0.2, 0.25) is 5.91 Å². The largest absolute Gasteiger partial charge is 0.346 e. The van der Waals surface area contributed by atoms with Gasteiger partial charge in [-0.15, -0.1) is 0 Å². The zero-order chi connectivity index (χ0) is 19.9. The van der Waals surface area contributed by atoms with Crippen molar-refractivity contribution in [3.05, 3.63) is 54.1 Å². The van der Waals surface area contributed by atoms with Gasteiger partial charge in [-0.05, 0) is 50.1 Å². The van der Waals surface area contributed by atoms with Crippen molar-refractivity contribution in [2.75, 3.05) is 11.5 Å². The first-order valence-corrected chi connectivity index (χ1v) is 11.3. The first-order chi connectivity index (χ1) is 13.3. The van der Waals surface area contributed by atoms with E-state index in [9.17, 15) is 13.2 Å². The molecule has 1 atom stereocenters. The predicted octanol–water partition coefficient (Wildman–Crippen LogP) is 3.52. The van der Waals surface area contributed by atoms with E-state index in [1.807, 2.05) is 18.2 Å². The number of amides is 1. The summed E-state index contributed by atoms with van der Waals surface area (Å²) in [7, 11) is -3.05. The van der Waals surface area contributed by atoms with Crippen molar-refractivity contribution in [1.29, 1.82) is 0 Å². The van der Waals surface area contributed by atoms with Gasteiger partial charge in [0.15, 0.2) is 9.84 Å². The number of nitrogens with one attached hydrogen (secondary N) is 1. The number of hydrogen-bond donors (Lipinski definition) is 1. The average molecular weight is 397 g/mol. The molecule has 1 fully saturated rings. The molecule has 0 unspecified atom stereocenters. The number of hydrogen-bond acceptors (Lipinski definition) is 3. The lowest BCUT2D eigenvalue weighted by Crippen LogP contribution is -2.46. The Morgan fingerprint density at radius 1 is 1.18 bits per heavy atom. The third kappa shape index (κ3) is 3.44. The Labute approximate surface area is 165 Å². The first kappa shape index (κ1) is 18.7. The van der Waals surface area contributed by atoms with Crippen molar-refractivity contribution >= 4 is 43.6 Å². The van der Waals surface area contributed by atoms with Crippen molar-refractivity contribution < 1.29 is 13.2 Å². The van der Waals surface area contributed by atoms with Gasteiger partial charge in [-0.3, -0.25) is 4.79 Å². The summed E-state index contributed by atoms with van der Waals surface area (Å²) in [6.45, 7) is 4.81. The monoisotopic (exact) mass is 396 g/mol. The molecule has 2 heterocycles. The fourth-order valence-electron chi connectivity index (χ4n) is 4.14. The van der Waals surface area contributed by atoms with Gasteiger partial charge in [-0.1, -0.05) is 24.3 Å². The Bertz CT molecular complexity index is 1210. The van der Waals surface area contributed by atoms with Crippen LogP contribution < -0.4 is 5.32 Å². The van der Waals surface area contributed by atoms with Crippen LogP contribution in [-0.2, 0) is 21.2 Å². The summed E-state index contributed by atoms with van der Waals surface area (Å²) in [5.74, 6) is -0.135. The number of para-hydroxylation sites is 1. The van der Waals surface area contributed by atoms with Crippen molar-refractivity contribution in [2.24, 2.45) is 0 Å². The molecule has 1 saturated heterocycles. The molecule has 2 aromatic carbocycles. The molecule has 1 N–H and O–H groups in total. The molecule has 0 radical (unpaired) electrons. The number of carbonyl (C=O) groups excluding carboxylic acids is 1. The predicted molar refractivity (Wildman–Crippen MR) is 114 cm³/mol. The molecular formula is C22H24N2O3S. The number of aryl methyl sites for hydroxylation is 1. The molecule has 6 heteroatoms. The molecule has 1 aliphatic rings. The highest BCUT2D eigenvalue weighted by atomic mass is 32.2. The Morgan fingerprint density at radius 3 is 2.64 bits per heavy atom. The van der Waals surface area contributed by atoms with Crippen LogP contribution in [0.25, 0.3) is 27.9 Å². The molecule has 1 amide bonds. The van der Waals surface area contributed by atoms with Gasteiger partial charge in [-0.25, -0.2) is 8.42 Å². The fraction of sp³-hybridized carbons (Fsp3) is 0.318. The Hall–Kier alpha value is -2.60. The number of nitrogens with zero attached hydrogens (tertiary/aromatic N) is 1. The number of aromatic nitrogens is 1. The summed E-state index contributed by atoms with van der Waals surface area (Å²) in [6, 6.07) is 14.5.